The van der Waals surface area contributed by atoms with Gasteiger partial charge in [-0.15, -0.1) is 0 Å². The number of amides is 1. The molecule has 1 N–H and O–H groups in total. The minimum Gasteiger partial charge on any atom is -0.481 e. The Bertz CT molecular complexity index is 495. The maximum Gasteiger partial charge on any atom is 0.303 e. The van der Waals surface area contributed by atoms with E-state index in [-0.39, 0.29) is 30.7 Å². The van der Waals surface area contributed by atoms with E-state index in [1.54, 1.807) is 0 Å². The monoisotopic (exact) mass is 305 g/mol. The molecule has 1 aliphatic heterocycles. The molecular weight excluding hydrogens is 282 g/mol. The highest BCUT2D eigenvalue weighted by molar-refractivity contribution is 7.94. The van der Waals surface area contributed by atoms with Crippen molar-refractivity contribution in [1.29, 1.82) is 0 Å². The van der Waals surface area contributed by atoms with Gasteiger partial charge in [0.05, 0.1) is 0 Å². The minimum atomic E-state index is -3.53. The summed E-state index contributed by atoms with van der Waals surface area (Å²) in [5.41, 5.74) is 0. The first-order chi connectivity index (χ1) is 9.01. The van der Waals surface area contributed by atoms with Crippen molar-refractivity contribution < 1.29 is 23.1 Å². The SMILES string of the molecule is CC(C)C(CCC(=O)O)CCN1C(=O)C(C)(C)S1(=O)=O. The second-order valence-electron chi connectivity index (χ2n) is 6.12. The number of hydrogen-bond donors (Lipinski definition) is 1. The predicted octanol–water partition coefficient (Wildman–Crippen LogP) is 1.46. The van der Waals surface area contributed by atoms with Crippen molar-refractivity contribution in [2.45, 2.75) is 51.7 Å². The first kappa shape index (κ1) is 16.9. The van der Waals surface area contributed by atoms with Gasteiger partial charge >= 0.3 is 5.97 Å². The third kappa shape index (κ3) is 2.97. The second-order valence-corrected chi connectivity index (χ2v) is 8.53. The largest absolute Gasteiger partial charge is 0.481 e. The number of hydrogen-bond acceptors (Lipinski definition) is 4. The van der Waals surface area contributed by atoms with Crippen molar-refractivity contribution in [3.63, 3.8) is 0 Å². The number of carbonyl (C=O) groups is 2. The van der Waals surface area contributed by atoms with Crippen LogP contribution in [0.15, 0.2) is 0 Å². The molecule has 20 heavy (non-hydrogen) atoms. The van der Waals surface area contributed by atoms with Gasteiger partial charge in [-0.1, -0.05) is 13.8 Å². The third-order valence-corrected chi connectivity index (χ3v) is 6.44. The molecule has 1 saturated heterocycles. The number of carboxylic acids is 1. The van der Waals surface area contributed by atoms with E-state index in [4.69, 9.17) is 5.11 Å². The molecule has 7 heteroatoms. The molecule has 0 saturated carbocycles. The normalized spacial score (nSPS) is 21.6. The molecule has 0 aromatic carbocycles. The van der Waals surface area contributed by atoms with Crippen LogP contribution in [-0.2, 0) is 19.6 Å². The van der Waals surface area contributed by atoms with Crippen LogP contribution >= 0.6 is 0 Å². The van der Waals surface area contributed by atoms with E-state index in [9.17, 15) is 18.0 Å². The van der Waals surface area contributed by atoms with Gasteiger partial charge in [-0.05, 0) is 38.5 Å². The van der Waals surface area contributed by atoms with Crippen LogP contribution in [-0.4, -0.2) is 41.0 Å². The summed E-state index contributed by atoms with van der Waals surface area (Å²) in [5, 5.41) is 8.71. The summed E-state index contributed by atoms with van der Waals surface area (Å²) in [6, 6.07) is 0. The summed E-state index contributed by atoms with van der Waals surface area (Å²) in [6.45, 7) is 6.91. The molecule has 0 bridgehead atoms. The summed E-state index contributed by atoms with van der Waals surface area (Å²) in [7, 11) is -3.53. The van der Waals surface area contributed by atoms with E-state index in [0.29, 0.717) is 12.8 Å². The number of nitrogens with zero attached hydrogens (tertiary/aromatic N) is 1. The van der Waals surface area contributed by atoms with Crippen LogP contribution in [0.3, 0.4) is 0 Å². The van der Waals surface area contributed by atoms with Crippen LogP contribution in [0.4, 0.5) is 0 Å². The van der Waals surface area contributed by atoms with Crippen molar-refractivity contribution in [3.8, 4) is 0 Å². The van der Waals surface area contributed by atoms with Gasteiger partial charge in [0.1, 0.15) is 0 Å². The summed E-state index contributed by atoms with van der Waals surface area (Å²) >= 11 is 0. The molecule has 1 heterocycles. The maximum atomic E-state index is 11.9. The maximum absolute atomic E-state index is 11.9. The lowest BCUT2D eigenvalue weighted by Crippen LogP contribution is -2.67. The van der Waals surface area contributed by atoms with E-state index < -0.39 is 20.7 Å². The Morgan fingerprint density at radius 2 is 1.85 bits per heavy atom. The van der Waals surface area contributed by atoms with Crippen molar-refractivity contribution in [2.24, 2.45) is 11.8 Å². The van der Waals surface area contributed by atoms with Crippen LogP contribution in [0.1, 0.15) is 47.0 Å². The van der Waals surface area contributed by atoms with Gasteiger partial charge in [-0.3, -0.25) is 9.59 Å². The highest BCUT2D eigenvalue weighted by Crippen LogP contribution is 2.35. The summed E-state index contributed by atoms with van der Waals surface area (Å²) < 4.78 is 23.5. The summed E-state index contributed by atoms with van der Waals surface area (Å²) in [4.78, 5) is 22.4. The topological polar surface area (TPSA) is 91.8 Å². The molecule has 1 fully saturated rings. The zero-order chi connectivity index (χ0) is 15.7. The minimum absolute atomic E-state index is 0.0645. The smallest absolute Gasteiger partial charge is 0.303 e. The van der Waals surface area contributed by atoms with Gasteiger partial charge in [0.25, 0.3) is 15.9 Å². The molecule has 1 atom stereocenters. The fourth-order valence-corrected chi connectivity index (χ4v) is 3.92. The van der Waals surface area contributed by atoms with Gasteiger partial charge in [0.2, 0.25) is 0 Å². The second kappa shape index (κ2) is 5.71. The van der Waals surface area contributed by atoms with Gasteiger partial charge < -0.3 is 5.11 Å². The Labute approximate surface area is 120 Å². The quantitative estimate of drug-likeness (QED) is 0.769. The molecule has 1 aliphatic rings. The average molecular weight is 305 g/mol. The molecule has 0 aromatic heterocycles. The van der Waals surface area contributed by atoms with E-state index in [1.165, 1.54) is 13.8 Å². The lowest BCUT2D eigenvalue weighted by Gasteiger charge is -2.43. The predicted molar refractivity (Wildman–Crippen MR) is 74.5 cm³/mol. The fourth-order valence-electron chi connectivity index (χ4n) is 2.38. The van der Waals surface area contributed by atoms with Crippen molar-refractivity contribution in [2.75, 3.05) is 6.54 Å². The first-order valence-electron chi connectivity index (χ1n) is 6.80. The Kier molecular flexibility index (Phi) is 4.84. The van der Waals surface area contributed by atoms with Crippen molar-refractivity contribution >= 4 is 21.9 Å². The highest BCUT2D eigenvalue weighted by atomic mass is 32.2. The van der Waals surface area contributed by atoms with Crippen LogP contribution < -0.4 is 0 Å². The molecule has 1 amide bonds. The first-order valence-corrected chi connectivity index (χ1v) is 8.24. The molecular formula is C13H23NO5S. The highest BCUT2D eigenvalue weighted by Gasteiger charge is 2.59. The standard InChI is InChI=1S/C13H23NO5S/c1-9(2)10(5-6-11(15)16)7-8-14-12(17)13(3,4)20(14,18)19/h9-10H,5-8H2,1-4H3,(H,15,16). The molecule has 116 valence electrons. The zero-order valence-corrected chi connectivity index (χ0v) is 13.2. The number of rotatable bonds is 7. The van der Waals surface area contributed by atoms with Gasteiger partial charge in [-0.25, -0.2) is 12.7 Å². The number of carbonyl (C=O) groups excluding carboxylic acids is 1. The van der Waals surface area contributed by atoms with Crippen LogP contribution in [0, 0.1) is 11.8 Å². The van der Waals surface area contributed by atoms with Crippen molar-refractivity contribution in [1.82, 2.24) is 4.31 Å². The van der Waals surface area contributed by atoms with Crippen LogP contribution in [0.2, 0.25) is 0 Å². The van der Waals surface area contributed by atoms with Crippen molar-refractivity contribution in [3.05, 3.63) is 0 Å². The molecule has 6 nitrogen and oxygen atoms in total. The van der Waals surface area contributed by atoms with E-state index in [0.717, 1.165) is 4.31 Å². The van der Waals surface area contributed by atoms with Crippen LogP contribution in [0.5, 0.6) is 0 Å². The lowest BCUT2D eigenvalue weighted by atomic mass is 9.88. The lowest BCUT2D eigenvalue weighted by molar-refractivity contribution is -0.137. The molecule has 1 rings (SSSR count). The molecule has 0 spiro atoms. The van der Waals surface area contributed by atoms with Gasteiger partial charge in [0, 0.05) is 13.0 Å². The Morgan fingerprint density at radius 1 is 1.30 bits per heavy atom. The average Bonchev–Trinajstić information content (AvgIpc) is 2.31. The molecule has 1 unspecified atom stereocenters. The molecule has 0 aromatic rings. The third-order valence-electron chi connectivity index (χ3n) is 4.05. The van der Waals surface area contributed by atoms with E-state index in [2.05, 4.69) is 0 Å². The number of carboxylic acid groups (broad SMARTS) is 1. The Balaban J connectivity index is 2.61. The summed E-state index contributed by atoms with van der Waals surface area (Å²) in [6.07, 6.45) is 1.07. The summed E-state index contributed by atoms with van der Waals surface area (Å²) in [5.74, 6) is -0.887. The zero-order valence-electron chi connectivity index (χ0n) is 12.4. The Hall–Kier alpha value is -1.11. The number of aliphatic carboxylic acids is 1. The van der Waals surface area contributed by atoms with Gasteiger partial charge in [-0.2, -0.15) is 0 Å². The number of sulfonamides is 1. The Morgan fingerprint density at radius 3 is 2.25 bits per heavy atom. The molecule has 0 aliphatic carbocycles. The van der Waals surface area contributed by atoms with Crippen LogP contribution in [0.25, 0.3) is 0 Å². The van der Waals surface area contributed by atoms with E-state index >= 15 is 0 Å². The fraction of sp³-hybridized carbons (Fsp3) is 0.846. The molecule has 0 radical (unpaired) electrons. The van der Waals surface area contributed by atoms with Gasteiger partial charge in [0.15, 0.2) is 4.75 Å². The van der Waals surface area contributed by atoms with E-state index in [1.807, 2.05) is 13.8 Å².